The molecule has 164 valence electrons. The third kappa shape index (κ3) is 3.61. The Morgan fingerprint density at radius 2 is 1.81 bits per heavy atom. The molecule has 1 saturated heterocycles. The van der Waals surface area contributed by atoms with E-state index in [0.29, 0.717) is 41.2 Å². The second-order valence-corrected chi connectivity index (χ2v) is 8.07. The molecule has 4 rings (SSSR count). The largest absolute Gasteiger partial charge is 0.496 e. The minimum atomic E-state index is -0.142. The van der Waals surface area contributed by atoms with Crippen LogP contribution in [0.25, 0.3) is 22.2 Å². The molecule has 0 saturated carbocycles. The number of benzene rings is 1. The minimum absolute atomic E-state index is 0.142. The van der Waals surface area contributed by atoms with Crippen molar-refractivity contribution in [3.05, 3.63) is 39.8 Å². The second-order valence-electron chi connectivity index (χ2n) is 8.07. The number of fused-ring (bicyclic) bond motifs is 1. The summed E-state index contributed by atoms with van der Waals surface area (Å²) in [5.74, 6) is 2.21. The van der Waals surface area contributed by atoms with Crippen molar-refractivity contribution in [2.45, 2.75) is 26.8 Å². The van der Waals surface area contributed by atoms with E-state index in [1.165, 1.54) is 0 Å². The van der Waals surface area contributed by atoms with Crippen molar-refractivity contribution in [2.24, 2.45) is 13.0 Å². The predicted octanol–water partition coefficient (Wildman–Crippen LogP) is 3.08. The Bertz CT molecular complexity index is 1180. The van der Waals surface area contributed by atoms with Crippen LogP contribution in [0.4, 0.5) is 5.95 Å². The van der Waals surface area contributed by atoms with Gasteiger partial charge in [-0.05, 0) is 31.0 Å². The number of nitrogens with zero attached hydrogens (tertiary/aromatic N) is 3. The van der Waals surface area contributed by atoms with Crippen LogP contribution in [0.2, 0.25) is 0 Å². The average Bonchev–Trinajstić information content (AvgIpc) is 3.16. The Morgan fingerprint density at radius 3 is 2.39 bits per heavy atom. The van der Waals surface area contributed by atoms with Crippen LogP contribution in [-0.4, -0.2) is 48.0 Å². The average molecular weight is 425 g/mol. The van der Waals surface area contributed by atoms with Crippen LogP contribution in [0.1, 0.15) is 18.1 Å². The number of aryl methyl sites for hydroxylation is 1. The first-order valence-corrected chi connectivity index (χ1v) is 10.3. The van der Waals surface area contributed by atoms with Gasteiger partial charge in [-0.25, -0.2) is 4.98 Å². The molecule has 1 aliphatic rings. The SMILES string of the molecule is COc1cc(OC)c(C)c(-c2cc3cnc(N[C@@H]4COC[C@@H]4C)nc3n(C)c2=O)c1C. The molecule has 1 aromatic carbocycles. The lowest BCUT2D eigenvalue weighted by atomic mass is 9.94. The zero-order valence-electron chi connectivity index (χ0n) is 18.8. The van der Waals surface area contributed by atoms with E-state index in [2.05, 4.69) is 22.2 Å². The van der Waals surface area contributed by atoms with Gasteiger partial charge in [-0.2, -0.15) is 4.98 Å². The van der Waals surface area contributed by atoms with Gasteiger partial charge in [0.2, 0.25) is 5.95 Å². The number of methoxy groups -OCH3 is 2. The van der Waals surface area contributed by atoms with Gasteiger partial charge in [-0.1, -0.05) is 6.92 Å². The maximum atomic E-state index is 13.4. The van der Waals surface area contributed by atoms with E-state index in [1.807, 2.05) is 26.0 Å². The molecule has 2 aromatic heterocycles. The summed E-state index contributed by atoms with van der Waals surface area (Å²) in [6.07, 6.45) is 1.75. The summed E-state index contributed by atoms with van der Waals surface area (Å²) in [4.78, 5) is 22.5. The van der Waals surface area contributed by atoms with Crippen molar-refractivity contribution < 1.29 is 14.2 Å². The molecule has 0 aliphatic carbocycles. The highest BCUT2D eigenvalue weighted by Crippen LogP contribution is 2.38. The molecule has 31 heavy (non-hydrogen) atoms. The molecule has 0 radical (unpaired) electrons. The number of hydrogen-bond donors (Lipinski definition) is 1. The molecule has 8 nitrogen and oxygen atoms in total. The van der Waals surface area contributed by atoms with Crippen molar-refractivity contribution >= 4 is 17.0 Å². The number of anilines is 1. The molecule has 3 aromatic rings. The van der Waals surface area contributed by atoms with Crippen molar-refractivity contribution in [3.8, 4) is 22.6 Å². The summed E-state index contributed by atoms with van der Waals surface area (Å²) in [6, 6.07) is 3.84. The number of nitrogens with one attached hydrogen (secondary N) is 1. The lowest BCUT2D eigenvalue weighted by Gasteiger charge is -2.18. The number of pyridine rings is 1. The van der Waals surface area contributed by atoms with Gasteiger partial charge in [-0.15, -0.1) is 0 Å². The van der Waals surface area contributed by atoms with Gasteiger partial charge in [0.05, 0.1) is 33.5 Å². The van der Waals surface area contributed by atoms with E-state index in [1.54, 1.807) is 32.0 Å². The summed E-state index contributed by atoms with van der Waals surface area (Å²) in [5.41, 5.74) is 3.56. The first-order valence-electron chi connectivity index (χ1n) is 10.3. The zero-order valence-corrected chi connectivity index (χ0v) is 18.8. The van der Waals surface area contributed by atoms with Crippen molar-refractivity contribution in [1.82, 2.24) is 14.5 Å². The molecule has 0 bridgehead atoms. The van der Waals surface area contributed by atoms with Gasteiger partial charge >= 0.3 is 0 Å². The van der Waals surface area contributed by atoms with Gasteiger partial charge in [0, 0.05) is 41.7 Å². The lowest BCUT2D eigenvalue weighted by Crippen LogP contribution is -2.27. The molecule has 0 spiro atoms. The Morgan fingerprint density at radius 1 is 1.13 bits per heavy atom. The van der Waals surface area contributed by atoms with Crippen LogP contribution in [-0.2, 0) is 11.8 Å². The minimum Gasteiger partial charge on any atom is -0.496 e. The van der Waals surface area contributed by atoms with Crippen LogP contribution in [0, 0.1) is 19.8 Å². The van der Waals surface area contributed by atoms with E-state index in [4.69, 9.17) is 14.2 Å². The topological polar surface area (TPSA) is 87.5 Å². The first-order chi connectivity index (χ1) is 14.8. The van der Waals surface area contributed by atoms with Crippen LogP contribution >= 0.6 is 0 Å². The van der Waals surface area contributed by atoms with Crippen molar-refractivity contribution in [2.75, 3.05) is 32.8 Å². The third-order valence-corrected chi connectivity index (χ3v) is 6.09. The van der Waals surface area contributed by atoms with Crippen LogP contribution < -0.4 is 20.3 Å². The molecular formula is C23H28N4O4. The number of hydrogen-bond acceptors (Lipinski definition) is 7. The predicted molar refractivity (Wildman–Crippen MR) is 120 cm³/mol. The molecule has 0 unspecified atom stereocenters. The molecule has 1 N–H and O–H groups in total. The summed E-state index contributed by atoms with van der Waals surface area (Å²) in [5, 5.41) is 4.11. The van der Waals surface area contributed by atoms with E-state index in [0.717, 1.165) is 28.7 Å². The Labute approximate surface area is 181 Å². The van der Waals surface area contributed by atoms with Crippen molar-refractivity contribution in [3.63, 3.8) is 0 Å². The molecule has 1 aliphatic heterocycles. The number of rotatable bonds is 5. The standard InChI is InChI=1S/C23H28N4O4/c1-12-10-31-11-17(12)25-23-24-9-15-7-16(22(28)27(4)21(15)26-23)20-13(2)18(29-5)8-19(30-6)14(20)3/h7-9,12,17H,10-11H2,1-6H3,(H,24,25,26)/t12-,17+/m0/s1. The number of ether oxygens (including phenoxy) is 3. The highest BCUT2D eigenvalue weighted by Gasteiger charge is 2.25. The summed E-state index contributed by atoms with van der Waals surface area (Å²) in [7, 11) is 4.95. The first kappa shape index (κ1) is 21.1. The molecule has 0 amide bonds. The highest BCUT2D eigenvalue weighted by atomic mass is 16.5. The van der Waals surface area contributed by atoms with E-state index in [9.17, 15) is 4.79 Å². The van der Waals surface area contributed by atoms with E-state index >= 15 is 0 Å². The molecule has 1 fully saturated rings. The molecular weight excluding hydrogens is 396 g/mol. The fraction of sp³-hybridized carbons (Fsp3) is 0.435. The van der Waals surface area contributed by atoms with E-state index < -0.39 is 0 Å². The van der Waals surface area contributed by atoms with Crippen LogP contribution in [0.3, 0.4) is 0 Å². The van der Waals surface area contributed by atoms with Gasteiger partial charge in [-0.3, -0.25) is 9.36 Å². The Balaban J connectivity index is 1.85. The highest BCUT2D eigenvalue weighted by molar-refractivity contribution is 5.84. The van der Waals surface area contributed by atoms with Gasteiger partial charge in [0.1, 0.15) is 17.1 Å². The Kier molecular flexibility index (Phi) is 5.58. The normalized spacial score (nSPS) is 18.4. The summed E-state index contributed by atoms with van der Waals surface area (Å²) < 4.78 is 18.1. The van der Waals surface area contributed by atoms with E-state index in [-0.39, 0.29) is 11.6 Å². The smallest absolute Gasteiger partial charge is 0.259 e. The van der Waals surface area contributed by atoms with Gasteiger partial charge in [0.15, 0.2) is 0 Å². The Hall–Kier alpha value is -3.13. The lowest BCUT2D eigenvalue weighted by molar-refractivity contribution is 0.187. The quantitative estimate of drug-likeness (QED) is 0.673. The van der Waals surface area contributed by atoms with Crippen LogP contribution in [0.5, 0.6) is 11.5 Å². The van der Waals surface area contributed by atoms with Gasteiger partial charge in [0.25, 0.3) is 5.56 Å². The van der Waals surface area contributed by atoms with Gasteiger partial charge < -0.3 is 19.5 Å². The van der Waals surface area contributed by atoms with Crippen molar-refractivity contribution in [1.29, 1.82) is 0 Å². The second kappa shape index (κ2) is 8.19. The maximum absolute atomic E-state index is 13.4. The fourth-order valence-corrected chi connectivity index (χ4v) is 4.20. The fourth-order valence-electron chi connectivity index (χ4n) is 4.20. The molecule has 2 atom stereocenters. The van der Waals surface area contributed by atoms with Crippen LogP contribution in [0.15, 0.2) is 23.1 Å². The third-order valence-electron chi connectivity index (χ3n) is 6.09. The summed E-state index contributed by atoms with van der Waals surface area (Å²) >= 11 is 0. The molecule has 3 heterocycles. The number of aromatic nitrogens is 3. The molecule has 8 heteroatoms. The zero-order chi connectivity index (χ0) is 22.3. The summed E-state index contributed by atoms with van der Waals surface area (Å²) in [6.45, 7) is 7.35. The maximum Gasteiger partial charge on any atom is 0.259 e. The monoisotopic (exact) mass is 424 g/mol.